The summed E-state index contributed by atoms with van der Waals surface area (Å²) in [5.41, 5.74) is 0. The molecule has 0 N–H and O–H groups in total. The third-order valence-corrected chi connectivity index (χ3v) is 0.664. The zero-order valence-electron chi connectivity index (χ0n) is 4.33. The molecule has 48 valence electrons. The Morgan fingerprint density at radius 1 is 1.25 bits per heavy atom. The summed E-state index contributed by atoms with van der Waals surface area (Å²) in [6.07, 6.45) is -4.65. The van der Waals surface area contributed by atoms with Crippen LogP contribution in [0.15, 0.2) is 0 Å². The Morgan fingerprint density at radius 2 is 1.75 bits per heavy atom. The van der Waals surface area contributed by atoms with Crippen LogP contribution >= 0.6 is 0 Å². The zero-order valence-corrected chi connectivity index (χ0v) is 4.33. The van der Waals surface area contributed by atoms with E-state index in [2.05, 4.69) is 0 Å². The van der Waals surface area contributed by atoms with Gasteiger partial charge in [0.2, 0.25) is 0 Å². The summed E-state index contributed by atoms with van der Waals surface area (Å²) in [5.74, 6) is 0. The Kier molecular flexibility index (Phi) is 2.87. The molecular weight excluding hydrogens is 117 g/mol. The molecule has 0 aromatic rings. The van der Waals surface area contributed by atoms with Gasteiger partial charge in [0.25, 0.3) is 0 Å². The second-order valence-corrected chi connectivity index (χ2v) is 1.51. The smallest absolute Gasteiger partial charge is 0.171 e. The average Bonchev–Trinajstić information content (AvgIpc) is 1.59. The number of unbranched alkanes of at least 4 members (excludes halogenated alkanes) is 1. The molecule has 0 aromatic carbocycles. The van der Waals surface area contributed by atoms with E-state index < -0.39 is 12.6 Å². The monoisotopic (exact) mass is 124 g/mol. The summed E-state index contributed by atoms with van der Waals surface area (Å²) in [6.45, 7) is 4.84. The molecule has 0 heterocycles. The predicted molar refractivity (Wildman–Crippen MR) is 24.2 cm³/mol. The second kappa shape index (κ2) is 2.95. The van der Waals surface area contributed by atoms with Crippen molar-refractivity contribution in [3.63, 3.8) is 0 Å². The van der Waals surface area contributed by atoms with Gasteiger partial charge in [0, 0.05) is 6.42 Å². The molecule has 0 nitrogen and oxygen atoms in total. The largest absolute Gasteiger partial charge is 0.389 e. The third kappa shape index (κ3) is 5.79. The zero-order chi connectivity index (χ0) is 6.62. The SMILES string of the molecule is [CH]CCCC(F)(F)F. The molecule has 0 saturated heterocycles. The van der Waals surface area contributed by atoms with Crippen molar-refractivity contribution in [2.75, 3.05) is 0 Å². The van der Waals surface area contributed by atoms with E-state index in [0.29, 0.717) is 0 Å². The van der Waals surface area contributed by atoms with Crippen LogP contribution in [-0.4, -0.2) is 6.18 Å². The van der Waals surface area contributed by atoms with Crippen LogP contribution in [0.1, 0.15) is 19.3 Å². The van der Waals surface area contributed by atoms with Gasteiger partial charge in [0.1, 0.15) is 0 Å². The molecule has 0 aliphatic rings. The highest BCUT2D eigenvalue weighted by Gasteiger charge is 2.25. The van der Waals surface area contributed by atoms with E-state index in [1.165, 1.54) is 0 Å². The molecule has 0 aliphatic heterocycles. The van der Waals surface area contributed by atoms with Crippen molar-refractivity contribution in [2.24, 2.45) is 0 Å². The van der Waals surface area contributed by atoms with Gasteiger partial charge >= 0.3 is 6.18 Å². The van der Waals surface area contributed by atoms with Crippen LogP contribution in [0.5, 0.6) is 0 Å². The first kappa shape index (κ1) is 7.79. The summed E-state index contributed by atoms with van der Waals surface area (Å²) >= 11 is 0. The van der Waals surface area contributed by atoms with Crippen LogP contribution in [0.25, 0.3) is 0 Å². The lowest BCUT2D eigenvalue weighted by molar-refractivity contribution is -0.135. The summed E-state index contributed by atoms with van der Waals surface area (Å²) in [5, 5.41) is 0. The molecule has 0 unspecified atom stereocenters. The average molecular weight is 124 g/mol. The normalized spacial score (nSPS) is 12.0. The van der Waals surface area contributed by atoms with Crippen molar-refractivity contribution in [1.82, 2.24) is 0 Å². The first-order chi connectivity index (χ1) is 3.56. The maximum Gasteiger partial charge on any atom is 0.389 e. The van der Waals surface area contributed by atoms with Crippen molar-refractivity contribution in [2.45, 2.75) is 25.4 Å². The van der Waals surface area contributed by atoms with Gasteiger partial charge in [-0.05, 0) is 19.8 Å². The number of hydrogen-bond donors (Lipinski definition) is 0. The van der Waals surface area contributed by atoms with Crippen LogP contribution in [0, 0.1) is 6.92 Å². The van der Waals surface area contributed by atoms with E-state index in [4.69, 9.17) is 6.92 Å². The molecule has 8 heavy (non-hydrogen) atoms. The topological polar surface area (TPSA) is 0 Å². The number of rotatable bonds is 2. The van der Waals surface area contributed by atoms with Crippen LogP contribution in [0.2, 0.25) is 0 Å². The van der Waals surface area contributed by atoms with E-state index in [9.17, 15) is 13.2 Å². The van der Waals surface area contributed by atoms with E-state index >= 15 is 0 Å². The Balaban J connectivity index is 3.11. The lowest BCUT2D eigenvalue weighted by atomic mass is 10.2. The van der Waals surface area contributed by atoms with Crippen molar-refractivity contribution in [3.05, 3.63) is 6.92 Å². The van der Waals surface area contributed by atoms with Crippen LogP contribution in [-0.2, 0) is 0 Å². The van der Waals surface area contributed by atoms with Crippen LogP contribution in [0.3, 0.4) is 0 Å². The van der Waals surface area contributed by atoms with Gasteiger partial charge in [0.15, 0.2) is 0 Å². The van der Waals surface area contributed by atoms with Gasteiger partial charge in [-0.2, -0.15) is 13.2 Å². The molecule has 0 atom stereocenters. The maximum absolute atomic E-state index is 11.2. The predicted octanol–water partition coefficient (Wildman–Crippen LogP) is 2.43. The molecule has 3 heteroatoms. The van der Waals surface area contributed by atoms with Gasteiger partial charge in [-0.15, -0.1) is 0 Å². The Labute approximate surface area is 46.7 Å². The summed E-state index contributed by atoms with van der Waals surface area (Å²) in [4.78, 5) is 0. The van der Waals surface area contributed by atoms with E-state index in [-0.39, 0.29) is 12.8 Å². The Morgan fingerprint density at radius 3 is 1.88 bits per heavy atom. The molecule has 0 amide bonds. The Hall–Kier alpha value is -0.210. The molecule has 0 bridgehead atoms. The minimum absolute atomic E-state index is 0.0312. The lowest BCUT2D eigenvalue weighted by Crippen LogP contribution is -2.05. The highest BCUT2D eigenvalue weighted by Crippen LogP contribution is 2.21. The lowest BCUT2D eigenvalue weighted by Gasteiger charge is -2.01. The standard InChI is InChI=1S/C5H7F3/c1-2-3-4-5(6,7)8/h1H,2-4H2. The summed E-state index contributed by atoms with van der Waals surface area (Å²) in [6, 6.07) is 0. The fourth-order valence-electron chi connectivity index (χ4n) is 0.303. The van der Waals surface area contributed by atoms with E-state index in [1.54, 1.807) is 0 Å². The summed E-state index contributed by atoms with van der Waals surface area (Å²) < 4.78 is 33.6. The van der Waals surface area contributed by atoms with Crippen molar-refractivity contribution in [3.8, 4) is 0 Å². The first-order valence-electron chi connectivity index (χ1n) is 2.33. The second-order valence-electron chi connectivity index (χ2n) is 1.51. The number of hydrogen-bond acceptors (Lipinski definition) is 0. The molecule has 0 aromatic heterocycles. The van der Waals surface area contributed by atoms with Gasteiger partial charge in [0.05, 0.1) is 0 Å². The van der Waals surface area contributed by atoms with Crippen LogP contribution in [0.4, 0.5) is 13.2 Å². The molecule has 0 rings (SSSR count). The number of halogens is 3. The van der Waals surface area contributed by atoms with Crippen LogP contribution < -0.4 is 0 Å². The fourth-order valence-corrected chi connectivity index (χ4v) is 0.303. The van der Waals surface area contributed by atoms with Gasteiger partial charge in [-0.3, -0.25) is 0 Å². The fraction of sp³-hybridized carbons (Fsp3) is 0.800. The van der Waals surface area contributed by atoms with Crippen molar-refractivity contribution < 1.29 is 13.2 Å². The minimum Gasteiger partial charge on any atom is -0.171 e. The minimum atomic E-state index is -4.03. The quantitative estimate of drug-likeness (QED) is 0.530. The molecule has 0 aliphatic carbocycles. The van der Waals surface area contributed by atoms with E-state index in [0.717, 1.165) is 0 Å². The summed E-state index contributed by atoms with van der Waals surface area (Å²) in [7, 11) is 0. The van der Waals surface area contributed by atoms with Gasteiger partial charge < -0.3 is 0 Å². The molecule has 2 radical (unpaired) electrons. The van der Waals surface area contributed by atoms with Gasteiger partial charge in [-0.1, -0.05) is 0 Å². The molecular formula is C5H7F3. The number of alkyl halides is 3. The first-order valence-corrected chi connectivity index (χ1v) is 2.33. The Bertz CT molecular complexity index is 55.2. The molecule has 0 saturated carbocycles. The van der Waals surface area contributed by atoms with Crippen molar-refractivity contribution in [1.29, 1.82) is 0 Å². The maximum atomic E-state index is 11.2. The van der Waals surface area contributed by atoms with Gasteiger partial charge in [-0.25, -0.2) is 0 Å². The molecule has 0 spiro atoms. The highest BCUT2D eigenvalue weighted by molar-refractivity contribution is 4.50. The molecule has 0 fully saturated rings. The van der Waals surface area contributed by atoms with E-state index in [1.807, 2.05) is 0 Å². The highest BCUT2D eigenvalue weighted by atomic mass is 19.4. The third-order valence-electron chi connectivity index (χ3n) is 0.664. The van der Waals surface area contributed by atoms with Crippen molar-refractivity contribution >= 4 is 0 Å².